The molecule has 0 bridgehead atoms. The summed E-state index contributed by atoms with van der Waals surface area (Å²) in [6, 6.07) is 5.82. The minimum absolute atomic E-state index is 0.0450. The Morgan fingerprint density at radius 1 is 1.10 bits per heavy atom. The second kappa shape index (κ2) is 9.46. The van der Waals surface area contributed by atoms with Gasteiger partial charge in [-0.15, -0.1) is 0 Å². The van der Waals surface area contributed by atoms with E-state index in [-0.39, 0.29) is 27.3 Å². The second-order valence-corrected chi connectivity index (χ2v) is 9.18. The van der Waals surface area contributed by atoms with Gasteiger partial charge in [-0.3, -0.25) is 4.79 Å². The van der Waals surface area contributed by atoms with E-state index in [0.29, 0.717) is 6.07 Å². The van der Waals surface area contributed by atoms with Crippen LogP contribution in [-0.2, 0) is 21.0 Å². The van der Waals surface area contributed by atoms with E-state index in [1.807, 2.05) is 13.8 Å². The van der Waals surface area contributed by atoms with E-state index in [0.717, 1.165) is 17.7 Å². The van der Waals surface area contributed by atoms with Crippen LogP contribution in [0.3, 0.4) is 0 Å². The van der Waals surface area contributed by atoms with Crippen LogP contribution in [0.5, 0.6) is 5.75 Å². The number of sulfonamides is 1. The minimum atomic E-state index is -4.63. The molecule has 6 nitrogen and oxygen atoms in total. The average Bonchev–Trinajstić information content (AvgIpc) is 2.67. The number of hydrogen-bond acceptors (Lipinski definition) is 4. The van der Waals surface area contributed by atoms with E-state index in [1.165, 1.54) is 26.2 Å². The Morgan fingerprint density at radius 3 is 2.29 bits per heavy atom. The van der Waals surface area contributed by atoms with Crippen molar-refractivity contribution in [3.05, 3.63) is 52.5 Å². The highest BCUT2D eigenvalue weighted by Crippen LogP contribution is 2.34. The van der Waals surface area contributed by atoms with Gasteiger partial charge < -0.3 is 10.1 Å². The maximum atomic E-state index is 12.9. The number of carbonyl (C=O) groups excluding carboxylic acids is 1. The summed E-state index contributed by atoms with van der Waals surface area (Å²) in [5.41, 5.74) is -0.545. The van der Waals surface area contributed by atoms with Crippen LogP contribution in [0, 0.1) is 0 Å². The summed E-state index contributed by atoms with van der Waals surface area (Å²) < 4.78 is 71.8. The zero-order valence-electron chi connectivity index (χ0n) is 17.2. The number of ether oxygens (including phenoxy) is 1. The molecule has 2 aromatic rings. The van der Waals surface area contributed by atoms with Crippen LogP contribution in [-0.4, -0.2) is 27.5 Å². The van der Waals surface area contributed by atoms with E-state index < -0.39 is 33.7 Å². The highest BCUT2D eigenvalue weighted by Gasteiger charge is 2.31. The predicted octanol–water partition coefficient (Wildman–Crippen LogP) is 4.80. The summed E-state index contributed by atoms with van der Waals surface area (Å²) >= 11 is 5.87. The van der Waals surface area contributed by atoms with Gasteiger partial charge >= 0.3 is 6.18 Å². The molecule has 0 aromatic heterocycles. The van der Waals surface area contributed by atoms with E-state index in [4.69, 9.17) is 16.3 Å². The largest absolute Gasteiger partial charge is 0.495 e. The van der Waals surface area contributed by atoms with Gasteiger partial charge in [0.05, 0.1) is 29.4 Å². The molecule has 170 valence electrons. The van der Waals surface area contributed by atoms with Gasteiger partial charge in [-0.25, -0.2) is 8.42 Å². The Labute approximate surface area is 183 Å². The molecule has 2 aromatic carbocycles. The first-order valence-corrected chi connectivity index (χ1v) is 11.0. The molecular formula is C20H22ClF3N2O4S. The maximum absolute atomic E-state index is 12.9. The van der Waals surface area contributed by atoms with Crippen LogP contribution in [0.25, 0.3) is 0 Å². The van der Waals surface area contributed by atoms with Gasteiger partial charge in [0.2, 0.25) is 15.9 Å². The molecule has 0 heterocycles. The number of halogens is 4. The quantitative estimate of drug-likeness (QED) is 0.599. The Morgan fingerprint density at radius 2 is 1.74 bits per heavy atom. The number of benzene rings is 2. The Hall–Kier alpha value is -2.30. The Balaban J connectivity index is 2.26. The number of nitrogens with one attached hydrogen (secondary N) is 2. The topological polar surface area (TPSA) is 84.5 Å². The normalized spacial score (nSPS) is 13.2. The van der Waals surface area contributed by atoms with E-state index in [1.54, 1.807) is 6.07 Å². The smallest absolute Gasteiger partial charge is 0.416 e. The van der Waals surface area contributed by atoms with Gasteiger partial charge in [0, 0.05) is 0 Å². The highest BCUT2D eigenvalue weighted by atomic mass is 35.5. The molecule has 1 atom stereocenters. The third-order valence-electron chi connectivity index (χ3n) is 4.42. The summed E-state index contributed by atoms with van der Waals surface area (Å²) in [7, 11) is -2.87. The summed E-state index contributed by atoms with van der Waals surface area (Å²) in [6.07, 6.45) is -4.63. The molecule has 31 heavy (non-hydrogen) atoms. The molecule has 0 radical (unpaired) electrons. The zero-order chi connectivity index (χ0) is 23.6. The summed E-state index contributed by atoms with van der Waals surface area (Å²) in [6.45, 7) is 5.04. The molecule has 0 spiro atoms. The third kappa shape index (κ3) is 6.11. The van der Waals surface area contributed by atoms with Crippen molar-refractivity contribution < 1.29 is 31.1 Å². The van der Waals surface area contributed by atoms with Crippen molar-refractivity contribution in [3.8, 4) is 5.75 Å². The first kappa shape index (κ1) is 25.0. The van der Waals surface area contributed by atoms with Gasteiger partial charge in [0.25, 0.3) is 0 Å². The fourth-order valence-corrected chi connectivity index (χ4v) is 4.22. The lowest BCUT2D eigenvalue weighted by atomic mass is 10.0. The molecule has 2 N–H and O–H groups in total. The van der Waals surface area contributed by atoms with Crippen LogP contribution in [0.15, 0.2) is 41.3 Å². The zero-order valence-corrected chi connectivity index (χ0v) is 18.7. The number of amides is 1. The molecule has 1 unspecified atom stereocenters. The summed E-state index contributed by atoms with van der Waals surface area (Å²) in [5.74, 6) is -0.752. The Bertz CT molecular complexity index is 1070. The van der Waals surface area contributed by atoms with Gasteiger partial charge in [0.1, 0.15) is 10.6 Å². The molecule has 11 heteroatoms. The first-order chi connectivity index (χ1) is 14.3. The van der Waals surface area contributed by atoms with Crippen molar-refractivity contribution in [2.75, 3.05) is 12.4 Å². The van der Waals surface area contributed by atoms with Gasteiger partial charge in [0.15, 0.2) is 0 Å². The molecule has 0 aliphatic heterocycles. The monoisotopic (exact) mass is 478 g/mol. The van der Waals surface area contributed by atoms with Crippen LogP contribution >= 0.6 is 11.6 Å². The van der Waals surface area contributed by atoms with E-state index in [9.17, 15) is 26.4 Å². The summed E-state index contributed by atoms with van der Waals surface area (Å²) in [5, 5.41) is 2.10. The fourth-order valence-electron chi connectivity index (χ4n) is 2.65. The van der Waals surface area contributed by atoms with Crippen LogP contribution in [0.2, 0.25) is 5.02 Å². The van der Waals surface area contributed by atoms with Crippen molar-refractivity contribution in [2.24, 2.45) is 0 Å². The lowest BCUT2D eigenvalue weighted by Gasteiger charge is -2.18. The number of methoxy groups -OCH3 is 1. The third-order valence-corrected chi connectivity index (χ3v) is 6.31. The molecule has 0 aliphatic rings. The Kier molecular flexibility index (Phi) is 7.61. The van der Waals surface area contributed by atoms with Crippen LogP contribution in [0.4, 0.5) is 18.9 Å². The van der Waals surface area contributed by atoms with Gasteiger partial charge in [-0.1, -0.05) is 31.5 Å². The predicted molar refractivity (Wildman–Crippen MR) is 112 cm³/mol. The van der Waals surface area contributed by atoms with E-state index in [2.05, 4.69) is 10.0 Å². The molecular weight excluding hydrogens is 457 g/mol. The number of anilines is 1. The van der Waals surface area contributed by atoms with Crippen molar-refractivity contribution in [2.45, 2.75) is 43.8 Å². The minimum Gasteiger partial charge on any atom is -0.495 e. The lowest BCUT2D eigenvalue weighted by molar-refractivity contribution is -0.137. The maximum Gasteiger partial charge on any atom is 0.416 e. The number of carbonyl (C=O) groups is 1. The highest BCUT2D eigenvalue weighted by molar-refractivity contribution is 7.89. The van der Waals surface area contributed by atoms with Crippen LogP contribution < -0.4 is 14.8 Å². The van der Waals surface area contributed by atoms with Crippen LogP contribution in [0.1, 0.15) is 37.8 Å². The molecule has 2 rings (SSSR count). The molecule has 0 aliphatic carbocycles. The number of rotatable bonds is 7. The first-order valence-electron chi connectivity index (χ1n) is 9.14. The number of hydrogen-bond donors (Lipinski definition) is 2. The van der Waals surface area contributed by atoms with Crippen molar-refractivity contribution in [1.29, 1.82) is 0 Å². The average molecular weight is 479 g/mol. The van der Waals surface area contributed by atoms with Crippen molar-refractivity contribution in [3.63, 3.8) is 0 Å². The molecule has 0 fully saturated rings. The fraction of sp³-hybridized carbons (Fsp3) is 0.350. The SMILES string of the molecule is COc1ccc(C(C)C)cc1S(=O)(=O)NC(C)C(=O)Nc1cc(C(F)(F)F)ccc1Cl. The van der Waals surface area contributed by atoms with Crippen molar-refractivity contribution in [1.82, 2.24) is 4.72 Å². The standard InChI is InChI=1S/C20H22ClF3N2O4S/c1-11(2)13-5-8-17(30-4)18(9-13)31(28,29)26-12(3)19(27)25-16-10-14(20(22,23)24)6-7-15(16)21/h5-12,26H,1-4H3,(H,25,27). The molecule has 1 amide bonds. The van der Waals surface area contributed by atoms with E-state index >= 15 is 0 Å². The molecule has 0 saturated carbocycles. The number of alkyl halides is 3. The summed E-state index contributed by atoms with van der Waals surface area (Å²) in [4.78, 5) is 12.3. The lowest BCUT2D eigenvalue weighted by Crippen LogP contribution is -2.41. The second-order valence-electron chi connectivity index (χ2n) is 7.09. The van der Waals surface area contributed by atoms with Crippen molar-refractivity contribution >= 4 is 33.2 Å². The van der Waals surface area contributed by atoms with Gasteiger partial charge in [-0.05, 0) is 48.7 Å². The molecule has 0 saturated heterocycles. The van der Waals surface area contributed by atoms with Gasteiger partial charge in [-0.2, -0.15) is 17.9 Å².